The normalized spacial score (nSPS) is 18.5. The number of carbonyl (C=O) groups excluding carboxylic acids is 2. The van der Waals surface area contributed by atoms with Gasteiger partial charge in [0.1, 0.15) is 11.6 Å². The molecule has 1 saturated heterocycles. The van der Waals surface area contributed by atoms with Crippen molar-refractivity contribution in [1.29, 1.82) is 0 Å². The summed E-state index contributed by atoms with van der Waals surface area (Å²) in [5, 5.41) is 6.20. The van der Waals surface area contributed by atoms with Crippen LogP contribution >= 0.6 is 0 Å². The first kappa shape index (κ1) is 25.5. The number of halogens is 2. The molecule has 36 heavy (non-hydrogen) atoms. The summed E-state index contributed by atoms with van der Waals surface area (Å²) in [7, 11) is 0. The molecule has 3 atom stereocenters. The van der Waals surface area contributed by atoms with Crippen molar-refractivity contribution in [3.8, 4) is 0 Å². The van der Waals surface area contributed by atoms with E-state index in [0.29, 0.717) is 5.56 Å². The van der Waals surface area contributed by atoms with Crippen LogP contribution in [-0.2, 0) is 17.6 Å². The third-order valence-electron chi connectivity index (χ3n) is 6.40. The van der Waals surface area contributed by atoms with E-state index in [0.717, 1.165) is 24.3 Å². The van der Waals surface area contributed by atoms with Crippen molar-refractivity contribution in [2.45, 2.75) is 44.8 Å². The number of carbonyl (C=O) groups is 2. The molecular weight excluding hydrogens is 460 g/mol. The maximum absolute atomic E-state index is 14.3. The highest BCUT2D eigenvalue weighted by Gasteiger charge is 2.27. The maximum atomic E-state index is 14.3. The minimum atomic E-state index is -0.906. The summed E-state index contributed by atoms with van der Waals surface area (Å²) < 4.78 is 28.5. The van der Waals surface area contributed by atoms with Crippen molar-refractivity contribution in [3.05, 3.63) is 101 Å². The van der Waals surface area contributed by atoms with Crippen molar-refractivity contribution >= 4 is 17.4 Å². The van der Waals surface area contributed by atoms with Crippen molar-refractivity contribution in [3.63, 3.8) is 0 Å². The van der Waals surface area contributed by atoms with Crippen LogP contribution in [0.25, 0.3) is 0 Å². The number of hydrogen-bond acceptors (Lipinski definition) is 4. The standard InChI is InChI=1S/C29H31F2N3O2/c1-19-17-34(18-20(2)32-19)27-13-12-23(30)15-22(27)16-28(35)26(14-21-8-4-3-5-9-21)33-29(36)24-10-6-7-11-25(24)31/h3-13,15,19-20,26,32H,14,16-18H2,1-2H3,(H,33,36). The Balaban J connectivity index is 1.60. The predicted octanol–water partition coefficient (Wildman–Crippen LogP) is 4.30. The highest BCUT2D eigenvalue weighted by atomic mass is 19.1. The average Bonchev–Trinajstić information content (AvgIpc) is 2.84. The molecule has 1 fully saturated rings. The fraction of sp³-hybridized carbons (Fsp3) is 0.310. The van der Waals surface area contributed by atoms with Gasteiger partial charge in [0.2, 0.25) is 0 Å². The van der Waals surface area contributed by atoms with Gasteiger partial charge >= 0.3 is 0 Å². The van der Waals surface area contributed by atoms with Gasteiger partial charge < -0.3 is 15.5 Å². The summed E-state index contributed by atoms with van der Waals surface area (Å²) in [5.74, 6) is -2.01. The Morgan fingerprint density at radius 2 is 1.64 bits per heavy atom. The van der Waals surface area contributed by atoms with Gasteiger partial charge in [0.25, 0.3) is 5.91 Å². The smallest absolute Gasteiger partial charge is 0.254 e. The van der Waals surface area contributed by atoms with Gasteiger partial charge in [-0.1, -0.05) is 42.5 Å². The molecule has 1 heterocycles. The second-order valence-corrected chi connectivity index (χ2v) is 9.49. The molecule has 3 unspecified atom stereocenters. The molecule has 0 bridgehead atoms. The topological polar surface area (TPSA) is 61.4 Å². The summed E-state index contributed by atoms with van der Waals surface area (Å²) in [6.07, 6.45) is 0.182. The van der Waals surface area contributed by atoms with E-state index in [1.807, 2.05) is 30.3 Å². The van der Waals surface area contributed by atoms with Crippen LogP contribution in [-0.4, -0.2) is 42.9 Å². The Labute approximate surface area is 210 Å². The van der Waals surface area contributed by atoms with Gasteiger partial charge in [0.15, 0.2) is 5.78 Å². The van der Waals surface area contributed by atoms with Crippen LogP contribution in [0.3, 0.4) is 0 Å². The van der Waals surface area contributed by atoms with Crippen LogP contribution in [0.5, 0.6) is 0 Å². The lowest BCUT2D eigenvalue weighted by atomic mass is 9.95. The average molecular weight is 492 g/mol. The first-order chi connectivity index (χ1) is 17.3. The molecule has 0 aliphatic carbocycles. The van der Waals surface area contributed by atoms with Gasteiger partial charge in [-0.05, 0) is 61.7 Å². The number of hydrogen-bond donors (Lipinski definition) is 2. The van der Waals surface area contributed by atoms with Gasteiger partial charge in [-0.3, -0.25) is 9.59 Å². The third kappa shape index (κ3) is 6.34. The van der Waals surface area contributed by atoms with Crippen molar-refractivity contribution in [2.75, 3.05) is 18.0 Å². The van der Waals surface area contributed by atoms with Crippen LogP contribution in [0.15, 0.2) is 72.8 Å². The second-order valence-electron chi connectivity index (χ2n) is 9.49. The number of ketones is 1. The lowest BCUT2D eigenvalue weighted by molar-refractivity contribution is -0.120. The number of anilines is 1. The molecule has 7 heteroatoms. The number of nitrogens with zero attached hydrogens (tertiary/aromatic N) is 1. The molecule has 4 rings (SSSR count). The monoisotopic (exact) mass is 491 g/mol. The minimum absolute atomic E-state index is 0.0607. The van der Waals surface area contributed by atoms with E-state index >= 15 is 0 Å². The van der Waals surface area contributed by atoms with Crippen molar-refractivity contribution in [2.24, 2.45) is 0 Å². The molecule has 1 amide bonds. The fourth-order valence-electron chi connectivity index (χ4n) is 4.82. The number of Topliss-reactive ketones (excluding diaryl/α,β-unsaturated/α-hetero) is 1. The van der Waals surface area contributed by atoms with E-state index < -0.39 is 23.6 Å². The minimum Gasteiger partial charge on any atom is -0.368 e. The fourth-order valence-corrected chi connectivity index (χ4v) is 4.82. The van der Waals surface area contributed by atoms with Crippen LogP contribution in [0.4, 0.5) is 14.5 Å². The second kappa shape index (κ2) is 11.4. The Morgan fingerprint density at radius 3 is 2.33 bits per heavy atom. The molecule has 0 aromatic heterocycles. The van der Waals surface area contributed by atoms with Crippen LogP contribution < -0.4 is 15.5 Å². The molecule has 1 aliphatic rings. The third-order valence-corrected chi connectivity index (χ3v) is 6.40. The lowest BCUT2D eigenvalue weighted by Crippen LogP contribution is -2.54. The van der Waals surface area contributed by atoms with Crippen molar-refractivity contribution in [1.82, 2.24) is 10.6 Å². The quantitative estimate of drug-likeness (QED) is 0.493. The van der Waals surface area contributed by atoms with Crippen molar-refractivity contribution < 1.29 is 18.4 Å². The van der Waals surface area contributed by atoms with E-state index in [-0.39, 0.29) is 36.3 Å². The van der Waals surface area contributed by atoms with E-state index in [2.05, 4.69) is 29.4 Å². The largest absolute Gasteiger partial charge is 0.368 e. The molecule has 3 aromatic rings. The number of amides is 1. The Hall–Kier alpha value is -3.58. The van der Waals surface area contributed by atoms with Gasteiger partial charge in [-0.15, -0.1) is 0 Å². The van der Waals surface area contributed by atoms with Crippen LogP contribution in [0.2, 0.25) is 0 Å². The van der Waals surface area contributed by atoms with E-state index in [1.54, 1.807) is 12.1 Å². The molecule has 0 saturated carbocycles. The highest BCUT2D eigenvalue weighted by molar-refractivity contribution is 5.98. The van der Waals surface area contributed by atoms with Gasteiger partial charge in [-0.25, -0.2) is 8.78 Å². The SMILES string of the molecule is CC1CN(c2ccc(F)cc2CC(=O)C(Cc2ccccc2)NC(=O)c2ccccc2F)CC(C)N1. The predicted molar refractivity (Wildman–Crippen MR) is 137 cm³/mol. The number of piperazine rings is 1. The highest BCUT2D eigenvalue weighted by Crippen LogP contribution is 2.25. The van der Waals surface area contributed by atoms with Crippen LogP contribution in [0.1, 0.15) is 35.3 Å². The molecule has 0 radical (unpaired) electrons. The zero-order valence-corrected chi connectivity index (χ0v) is 20.5. The maximum Gasteiger partial charge on any atom is 0.254 e. The number of nitrogens with one attached hydrogen (secondary N) is 2. The summed E-state index contributed by atoms with van der Waals surface area (Å²) in [5.41, 5.74) is 2.11. The first-order valence-electron chi connectivity index (χ1n) is 12.2. The molecule has 188 valence electrons. The summed E-state index contributed by atoms with van der Waals surface area (Å²) in [6.45, 7) is 5.64. The van der Waals surface area contributed by atoms with E-state index in [4.69, 9.17) is 0 Å². The molecule has 1 aliphatic heterocycles. The molecule has 3 aromatic carbocycles. The zero-order chi connectivity index (χ0) is 25.7. The van der Waals surface area contributed by atoms with Crippen LogP contribution in [0, 0.1) is 11.6 Å². The number of benzene rings is 3. The van der Waals surface area contributed by atoms with Gasteiger partial charge in [0, 0.05) is 37.3 Å². The molecular formula is C29H31F2N3O2. The Bertz CT molecular complexity index is 1210. The van der Waals surface area contributed by atoms with E-state index in [9.17, 15) is 18.4 Å². The van der Waals surface area contributed by atoms with E-state index in [1.165, 1.54) is 30.3 Å². The number of rotatable bonds is 8. The zero-order valence-electron chi connectivity index (χ0n) is 20.5. The first-order valence-corrected chi connectivity index (χ1v) is 12.2. The summed E-state index contributed by atoms with van der Waals surface area (Å²) in [6, 6.07) is 19.1. The Morgan fingerprint density at radius 1 is 0.972 bits per heavy atom. The summed E-state index contributed by atoms with van der Waals surface area (Å²) in [4.78, 5) is 28.6. The Kier molecular flexibility index (Phi) is 8.10. The van der Waals surface area contributed by atoms with Gasteiger partial charge in [0.05, 0.1) is 11.6 Å². The summed E-state index contributed by atoms with van der Waals surface area (Å²) >= 11 is 0. The molecule has 5 nitrogen and oxygen atoms in total. The molecule has 2 N–H and O–H groups in total. The van der Waals surface area contributed by atoms with Gasteiger partial charge in [-0.2, -0.15) is 0 Å². The lowest BCUT2D eigenvalue weighted by Gasteiger charge is -2.38. The molecule has 0 spiro atoms.